The number of nitrogens with zero attached hydrogens (tertiary/aromatic N) is 2. The molecule has 4 saturated carbocycles. The summed E-state index contributed by atoms with van der Waals surface area (Å²) in [4.78, 5) is 22.9. The normalized spacial score (nSPS) is 32.5. The van der Waals surface area contributed by atoms with Gasteiger partial charge in [-0.05, 0) is 82.3 Å². The zero-order chi connectivity index (χ0) is 18.5. The Morgan fingerprint density at radius 1 is 1.19 bits per heavy atom. The number of nitro benzene ring substituents is 1. The van der Waals surface area contributed by atoms with E-state index >= 15 is 0 Å². The molecule has 6 nitrogen and oxygen atoms in total. The lowest BCUT2D eigenvalue weighted by Crippen LogP contribution is -2.49. The van der Waals surface area contributed by atoms with Gasteiger partial charge in [-0.2, -0.15) is 5.10 Å². The lowest BCUT2D eigenvalue weighted by Gasteiger charge is -2.56. The Bertz CT molecular complexity index is 764. The fourth-order valence-corrected chi connectivity index (χ4v) is 5.87. The fraction of sp³-hybridized carbons (Fsp3) is 0.600. The van der Waals surface area contributed by atoms with Crippen LogP contribution in [0.2, 0.25) is 0 Å². The summed E-state index contributed by atoms with van der Waals surface area (Å²) < 4.78 is 0. The van der Waals surface area contributed by atoms with Crippen LogP contribution in [0.1, 0.15) is 61.4 Å². The number of rotatable bonds is 4. The van der Waals surface area contributed by atoms with Crippen molar-refractivity contribution in [3.05, 3.63) is 39.4 Å². The molecular formula is C20H25N3O3. The molecule has 4 fully saturated rings. The van der Waals surface area contributed by atoms with Gasteiger partial charge in [-0.15, -0.1) is 0 Å². The van der Waals surface area contributed by atoms with E-state index in [1.165, 1.54) is 50.7 Å². The Kier molecular flexibility index (Phi) is 4.09. The monoisotopic (exact) mass is 355 g/mol. The molecule has 1 aromatic rings. The highest BCUT2D eigenvalue weighted by Gasteiger charge is 2.52. The third kappa shape index (κ3) is 2.91. The Morgan fingerprint density at radius 3 is 2.27 bits per heavy atom. The van der Waals surface area contributed by atoms with Crippen LogP contribution in [0.3, 0.4) is 0 Å². The first-order valence-corrected chi connectivity index (χ1v) is 9.46. The average Bonchev–Trinajstić information content (AvgIpc) is 2.57. The molecule has 5 rings (SSSR count). The molecular weight excluding hydrogens is 330 g/mol. The number of nitrogens with one attached hydrogen (secondary N) is 1. The van der Waals surface area contributed by atoms with Crippen LogP contribution in [0.5, 0.6) is 0 Å². The summed E-state index contributed by atoms with van der Waals surface area (Å²) in [5, 5.41) is 15.4. The summed E-state index contributed by atoms with van der Waals surface area (Å²) in [6.07, 6.45) is 7.76. The van der Waals surface area contributed by atoms with Crippen molar-refractivity contribution in [3.63, 3.8) is 0 Å². The lowest BCUT2D eigenvalue weighted by molar-refractivity contribution is -0.385. The number of hydrogen-bond donors (Lipinski definition) is 1. The predicted octanol–water partition coefficient (Wildman–Crippen LogP) is 4.23. The van der Waals surface area contributed by atoms with Crippen LogP contribution in [0, 0.1) is 40.2 Å². The summed E-state index contributed by atoms with van der Waals surface area (Å²) in [6, 6.07) is 4.40. The number of carbonyl (C=O) groups excluding carboxylic acids is 1. The molecule has 1 N–H and O–H groups in total. The molecule has 4 bridgehead atoms. The second-order valence-corrected chi connectivity index (χ2v) is 8.59. The number of hydrazone groups is 1. The van der Waals surface area contributed by atoms with Gasteiger partial charge in [-0.1, -0.05) is 0 Å². The lowest BCUT2D eigenvalue weighted by atomic mass is 9.48. The van der Waals surface area contributed by atoms with Gasteiger partial charge in [-0.25, -0.2) is 5.43 Å². The molecule has 0 radical (unpaired) electrons. The van der Waals surface area contributed by atoms with Crippen molar-refractivity contribution < 1.29 is 9.72 Å². The minimum absolute atomic E-state index is 0.0230. The number of aryl methyl sites for hydroxylation is 1. The first-order valence-electron chi connectivity index (χ1n) is 9.46. The molecule has 1 amide bonds. The Labute approximate surface area is 153 Å². The van der Waals surface area contributed by atoms with E-state index in [0.29, 0.717) is 11.1 Å². The molecule has 0 aromatic heterocycles. The highest BCUT2D eigenvalue weighted by Crippen LogP contribution is 2.60. The van der Waals surface area contributed by atoms with Gasteiger partial charge in [0.2, 0.25) is 0 Å². The molecule has 138 valence electrons. The molecule has 4 aliphatic rings. The summed E-state index contributed by atoms with van der Waals surface area (Å²) in [5.41, 5.74) is 4.80. The molecule has 0 heterocycles. The van der Waals surface area contributed by atoms with E-state index in [0.717, 1.165) is 23.5 Å². The van der Waals surface area contributed by atoms with Crippen molar-refractivity contribution in [2.24, 2.45) is 28.3 Å². The highest BCUT2D eigenvalue weighted by atomic mass is 16.6. The van der Waals surface area contributed by atoms with Crippen LogP contribution in [0.25, 0.3) is 0 Å². The molecule has 0 spiro atoms. The van der Waals surface area contributed by atoms with Crippen LogP contribution < -0.4 is 5.43 Å². The van der Waals surface area contributed by atoms with Crippen LogP contribution in [0.4, 0.5) is 5.69 Å². The molecule has 6 heteroatoms. The van der Waals surface area contributed by atoms with E-state index in [1.54, 1.807) is 13.0 Å². The van der Waals surface area contributed by atoms with Gasteiger partial charge in [0.05, 0.1) is 4.92 Å². The standard InChI is InChI=1S/C20H25N3O3/c1-12-5-17(3-4-18(12)23(25)26)19(24)22-21-13(2)20-9-14-6-15(10-20)8-16(7-14)11-20/h3-5,14-16H,6-11H2,1-2H3,(H,22,24)/b21-13-. The van der Waals surface area contributed by atoms with Gasteiger partial charge in [0, 0.05) is 28.3 Å². The zero-order valence-electron chi connectivity index (χ0n) is 15.3. The third-order valence-electron chi connectivity index (χ3n) is 6.79. The summed E-state index contributed by atoms with van der Waals surface area (Å²) in [7, 11) is 0. The van der Waals surface area contributed by atoms with E-state index in [9.17, 15) is 14.9 Å². The molecule has 0 atom stereocenters. The molecule has 0 unspecified atom stereocenters. The van der Waals surface area contributed by atoms with Gasteiger partial charge < -0.3 is 0 Å². The first-order chi connectivity index (χ1) is 12.4. The molecule has 4 aliphatic carbocycles. The van der Waals surface area contributed by atoms with Gasteiger partial charge in [-0.3, -0.25) is 14.9 Å². The van der Waals surface area contributed by atoms with Gasteiger partial charge >= 0.3 is 0 Å². The Balaban J connectivity index is 1.48. The summed E-state index contributed by atoms with van der Waals surface area (Å²) in [5.74, 6) is 2.19. The van der Waals surface area contributed by atoms with E-state index in [4.69, 9.17) is 0 Å². The quantitative estimate of drug-likeness (QED) is 0.498. The second-order valence-electron chi connectivity index (χ2n) is 8.59. The predicted molar refractivity (Wildman–Crippen MR) is 99.0 cm³/mol. The van der Waals surface area contributed by atoms with Gasteiger partial charge in [0.25, 0.3) is 11.6 Å². The van der Waals surface area contributed by atoms with Crippen molar-refractivity contribution in [1.82, 2.24) is 5.43 Å². The smallest absolute Gasteiger partial charge is 0.267 e. The number of carbonyl (C=O) groups is 1. The minimum atomic E-state index is -0.438. The maximum Gasteiger partial charge on any atom is 0.272 e. The number of amides is 1. The van der Waals surface area contributed by atoms with Crippen molar-refractivity contribution in [3.8, 4) is 0 Å². The summed E-state index contributed by atoms with van der Waals surface area (Å²) in [6.45, 7) is 3.69. The minimum Gasteiger partial charge on any atom is -0.267 e. The van der Waals surface area contributed by atoms with E-state index < -0.39 is 4.92 Å². The van der Waals surface area contributed by atoms with Crippen LogP contribution in [0.15, 0.2) is 23.3 Å². The van der Waals surface area contributed by atoms with Crippen molar-refractivity contribution in [1.29, 1.82) is 0 Å². The molecule has 1 aromatic carbocycles. The number of hydrogen-bond acceptors (Lipinski definition) is 4. The van der Waals surface area contributed by atoms with E-state index in [1.807, 2.05) is 0 Å². The Hall–Kier alpha value is -2.24. The molecule has 0 aliphatic heterocycles. The van der Waals surface area contributed by atoms with E-state index in [2.05, 4.69) is 17.5 Å². The maximum atomic E-state index is 12.4. The second kappa shape index (κ2) is 6.18. The fourth-order valence-electron chi connectivity index (χ4n) is 5.87. The van der Waals surface area contributed by atoms with Crippen molar-refractivity contribution in [2.75, 3.05) is 0 Å². The Morgan fingerprint density at radius 2 is 1.77 bits per heavy atom. The molecule has 0 saturated heterocycles. The number of benzene rings is 1. The average molecular weight is 355 g/mol. The van der Waals surface area contributed by atoms with Crippen LogP contribution in [-0.2, 0) is 0 Å². The van der Waals surface area contributed by atoms with Crippen molar-refractivity contribution >= 4 is 17.3 Å². The van der Waals surface area contributed by atoms with Crippen molar-refractivity contribution in [2.45, 2.75) is 52.4 Å². The number of nitro groups is 1. The topological polar surface area (TPSA) is 84.6 Å². The molecule has 26 heavy (non-hydrogen) atoms. The maximum absolute atomic E-state index is 12.4. The van der Waals surface area contributed by atoms with Crippen LogP contribution in [-0.4, -0.2) is 16.5 Å². The van der Waals surface area contributed by atoms with Crippen LogP contribution >= 0.6 is 0 Å². The summed E-state index contributed by atoms with van der Waals surface area (Å²) >= 11 is 0. The highest BCUT2D eigenvalue weighted by molar-refractivity contribution is 5.96. The van der Waals surface area contributed by atoms with Gasteiger partial charge in [0.15, 0.2) is 0 Å². The zero-order valence-corrected chi connectivity index (χ0v) is 15.3. The third-order valence-corrected chi connectivity index (χ3v) is 6.79. The first kappa shape index (κ1) is 17.2. The van der Waals surface area contributed by atoms with E-state index in [-0.39, 0.29) is 17.0 Å². The SMILES string of the molecule is C/C(=N/NC(=O)c1ccc([N+](=O)[O-])c(C)c1)C12CC3CC(CC(C3)C1)C2. The van der Waals surface area contributed by atoms with Gasteiger partial charge in [0.1, 0.15) is 0 Å². The largest absolute Gasteiger partial charge is 0.272 e.